The molecule has 6 heteroatoms. The summed E-state index contributed by atoms with van der Waals surface area (Å²) in [5.74, 6) is 0.897. The molecule has 3 aromatic rings. The van der Waals surface area contributed by atoms with Crippen LogP contribution in [-0.2, 0) is 6.42 Å². The summed E-state index contributed by atoms with van der Waals surface area (Å²) in [7, 11) is 0. The number of nitrogens with one attached hydrogen (secondary N) is 1. The second kappa shape index (κ2) is 9.36. The number of halogens is 2. The summed E-state index contributed by atoms with van der Waals surface area (Å²) in [6.07, 6.45) is 9.78. The number of benzene rings is 2. The molecular weight excluding hydrogens is 467 g/mol. The van der Waals surface area contributed by atoms with Gasteiger partial charge in [-0.1, -0.05) is 61.4 Å². The molecule has 0 radical (unpaired) electrons. The number of allylic oxidation sites excluding steroid dienone is 5. The van der Waals surface area contributed by atoms with Crippen molar-refractivity contribution in [1.82, 2.24) is 9.88 Å². The van der Waals surface area contributed by atoms with E-state index in [0.717, 1.165) is 35.0 Å². The van der Waals surface area contributed by atoms with Gasteiger partial charge in [-0.15, -0.1) is 0 Å². The number of ether oxygens (including phenoxy) is 1. The van der Waals surface area contributed by atoms with Crippen LogP contribution in [0.25, 0.3) is 10.9 Å². The first-order chi connectivity index (χ1) is 16.4. The molecule has 2 aliphatic rings. The summed E-state index contributed by atoms with van der Waals surface area (Å²) in [5.41, 5.74) is 5.66. The Morgan fingerprint density at radius 3 is 2.62 bits per heavy atom. The zero-order chi connectivity index (χ0) is 23.8. The van der Waals surface area contributed by atoms with Crippen LogP contribution in [0.2, 0.25) is 10.0 Å². The van der Waals surface area contributed by atoms with E-state index in [4.69, 9.17) is 27.9 Å². The summed E-state index contributed by atoms with van der Waals surface area (Å²) >= 11 is 12.3. The van der Waals surface area contributed by atoms with E-state index in [1.165, 1.54) is 11.1 Å². The van der Waals surface area contributed by atoms with E-state index >= 15 is 0 Å². The van der Waals surface area contributed by atoms with E-state index in [9.17, 15) is 4.79 Å². The van der Waals surface area contributed by atoms with Gasteiger partial charge < -0.3 is 9.72 Å². The lowest BCUT2D eigenvalue weighted by molar-refractivity contribution is 0.134. The van der Waals surface area contributed by atoms with Crippen LogP contribution >= 0.6 is 23.2 Å². The van der Waals surface area contributed by atoms with Crippen LogP contribution in [0.5, 0.6) is 5.75 Å². The summed E-state index contributed by atoms with van der Waals surface area (Å²) in [4.78, 5) is 18.8. The molecule has 34 heavy (non-hydrogen) atoms. The molecule has 1 aromatic heterocycles. The molecular formula is C28H26Cl2N2O2. The number of rotatable bonds is 3. The second-order valence-corrected chi connectivity index (χ2v) is 9.92. The van der Waals surface area contributed by atoms with Crippen molar-refractivity contribution in [2.24, 2.45) is 5.92 Å². The predicted molar refractivity (Wildman–Crippen MR) is 139 cm³/mol. The van der Waals surface area contributed by atoms with Crippen molar-refractivity contribution >= 4 is 40.2 Å². The van der Waals surface area contributed by atoms with Gasteiger partial charge in [0.2, 0.25) is 0 Å². The Kier molecular flexibility index (Phi) is 6.28. The average Bonchev–Trinajstić information content (AvgIpc) is 3.00. The van der Waals surface area contributed by atoms with E-state index in [2.05, 4.69) is 43.1 Å². The molecule has 2 heterocycles. The lowest BCUT2D eigenvalue weighted by Crippen LogP contribution is -2.42. The first-order valence-electron chi connectivity index (χ1n) is 11.5. The maximum absolute atomic E-state index is 13.4. The molecule has 0 fully saturated rings. The van der Waals surface area contributed by atoms with Gasteiger partial charge in [-0.2, -0.15) is 0 Å². The molecule has 1 atom stereocenters. The number of fused-ring (bicyclic) bond motifs is 3. The highest BCUT2D eigenvalue weighted by molar-refractivity contribution is 6.31. The molecule has 1 N–H and O–H groups in total. The Morgan fingerprint density at radius 2 is 1.85 bits per heavy atom. The number of aromatic nitrogens is 1. The summed E-state index contributed by atoms with van der Waals surface area (Å²) in [5, 5.41) is 2.41. The van der Waals surface area contributed by atoms with Crippen molar-refractivity contribution < 1.29 is 9.53 Å². The smallest absolute Gasteiger partial charge is 0.410 e. The van der Waals surface area contributed by atoms with Crippen molar-refractivity contribution in [3.05, 3.63) is 99.2 Å². The Morgan fingerprint density at radius 1 is 1.09 bits per heavy atom. The SMILES string of the molecule is CC(C)C1=CC=C(C2c3[nH]c4ccc(Cl)cc4c3CCN2C(=O)Oc2ccc(Cl)cc2)CC=C1. The maximum Gasteiger partial charge on any atom is 0.416 e. The van der Waals surface area contributed by atoms with Gasteiger partial charge in [-0.05, 0) is 77.9 Å². The van der Waals surface area contributed by atoms with Crippen molar-refractivity contribution in [2.75, 3.05) is 6.54 Å². The Hall–Kier alpha value is -2.95. The van der Waals surface area contributed by atoms with Crippen LogP contribution in [0, 0.1) is 5.92 Å². The number of nitrogens with zero attached hydrogens (tertiary/aromatic N) is 1. The van der Waals surface area contributed by atoms with E-state index in [-0.39, 0.29) is 12.1 Å². The Labute approximate surface area is 209 Å². The topological polar surface area (TPSA) is 45.3 Å². The van der Waals surface area contributed by atoms with Gasteiger partial charge in [0, 0.05) is 33.2 Å². The molecule has 174 valence electrons. The highest BCUT2D eigenvalue weighted by Crippen LogP contribution is 2.41. The van der Waals surface area contributed by atoms with Crippen LogP contribution in [0.3, 0.4) is 0 Å². The van der Waals surface area contributed by atoms with Crippen LogP contribution < -0.4 is 4.74 Å². The number of carbonyl (C=O) groups is 1. The van der Waals surface area contributed by atoms with Crippen LogP contribution in [0.4, 0.5) is 4.79 Å². The standard InChI is InChI=1S/C28H26Cl2N2O2/c1-17(2)18-4-3-5-19(7-6-18)27-26-23(24-16-21(30)10-13-25(24)31-26)14-15-32(27)28(33)34-22-11-8-20(29)9-12-22/h3-4,6-13,16-17,27,31H,5,14-15H2,1-2H3. The number of amides is 1. The van der Waals surface area contributed by atoms with Crippen molar-refractivity contribution in [3.63, 3.8) is 0 Å². The highest BCUT2D eigenvalue weighted by Gasteiger charge is 2.36. The van der Waals surface area contributed by atoms with E-state index in [1.807, 2.05) is 23.1 Å². The first kappa shape index (κ1) is 22.8. The molecule has 5 rings (SSSR count). The molecule has 1 aliphatic carbocycles. The molecule has 2 aromatic carbocycles. The van der Waals surface area contributed by atoms with Gasteiger partial charge in [0.1, 0.15) is 5.75 Å². The minimum atomic E-state index is -0.378. The van der Waals surface area contributed by atoms with Crippen LogP contribution in [0.1, 0.15) is 37.6 Å². The molecule has 0 saturated heterocycles. The summed E-state index contributed by atoms with van der Waals surface area (Å²) in [6, 6.07) is 12.5. The van der Waals surface area contributed by atoms with Crippen molar-refractivity contribution in [2.45, 2.75) is 32.7 Å². The number of aromatic amines is 1. The third kappa shape index (κ3) is 4.40. The summed E-state index contributed by atoms with van der Waals surface area (Å²) < 4.78 is 5.76. The predicted octanol–water partition coefficient (Wildman–Crippen LogP) is 8.04. The molecule has 1 unspecified atom stereocenters. The van der Waals surface area contributed by atoms with Crippen LogP contribution in [0.15, 0.2) is 77.9 Å². The molecule has 4 nitrogen and oxygen atoms in total. The fourth-order valence-corrected chi connectivity index (χ4v) is 5.05. The van der Waals surface area contributed by atoms with Gasteiger partial charge in [-0.25, -0.2) is 4.79 Å². The molecule has 1 amide bonds. The van der Waals surface area contributed by atoms with Gasteiger partial charge in [-0.3, -0.25) is 4.90 Å². The lowest BCUT2D eigenvalue weighted by Gasteiger charge is -2.36. The number of hydrogen-bond donors (Lipinski definition) is 1. The third-order valence-electron chi connectivity index (χ3n) is 6.51. The second-order valence-electron chi connectivity index (χ2n) is 9.04. The van der Waals surface area contributed by atoms with Gasteiger partial charge in [0.25, 0.3) is 0 Å². The van der Waals surface area contributed by atoms with E-state index in [0.29, 0.717) is 28.3 Å². The quantitative estimate of drug-likeness (QED) is 0.401. The molecule has 1 aliphatic heterocycles. The minimum absolute atomic E-state index is 0.262. The fourth-order valence-electron chi connectivity index (χ4n) is 4.75. The largest absolute Gasteiger partial charge is 0.416 e. The number of hydrogen-bond acceptors (Lipinski definition) is 2. The fraction of sp³-hybridized carbons (Fsp3) is 0.250. The highest BCUT2D eigenvalue weighted by atomic mass is 35.5. The zero-order valence-corrected chi connectivity index (χ0v) is 20.7. The third-order valence-corrected chi connectivity index (χ3v) is 7.00. The minimum Gasteiger partial charge on any atom is -0.410 e. The average molecular weight is 493 g/mol. The Bertz CT molecular complexity index is 1330. The van der Waals surface area contributed by atoms with Crippen LogP contribution in [-0.4, -0.2) is 22.5 Å². The molecule has 0 bridgehead atoms. The maximum atomic E-state index is 13.4. The van der Waals surface area contributed by atoms with Gasteiger partial charge >= 0.3 is 6.09 Å². The van der Waals surface area contributed by atoms with Gasteiger partial charge in [0.05, 0.1) is 6.04 Å². The first-order valence-corrected chi connectivity index (χ1v) is 12.3. The van der Waals surface area contributed by atoms with Crippen molar-refractivity contribution in [1.29, 1.82) is 0 Å². The monoisotopic (exact) mass is 492 g/mol. The van der Waals surface area contributed by atoms with E-state index in [1.54, 1.807) is 24.3 Å². The molecule has 0 saturated carbocycles. The Balaban J connectivity index is 1.57. The molecule has 0 spiro atoms. The number of H-pyrrole nitrogens is 1. The number of carbonyl (C=O) groups excluding carboxylic acids is 1. The van der Waals surface area contributed by atoms with Gasteiger partial charge in [0.15, 0.2) is 0 Å². The van der Waals surface area contributed by atoms with Crippen molar-refractivity contribution in [3.8, 4) is 5.75 Å². The lowest BCUT2D eigenvalue weighted by atomic mass is 9.91. The van der Waals surface area contributed by atoms with E-state index < -0.39 is 0 Å². The normalized spacial score (nSPS) is 17.9. The summed E-state index contributed by atoms with van der Waals surface area (Å²) in [6.45, 7) is 4.92. The zero-order valence-electron chi connectivity index (χ0n) is 19.1.